The van der Waals surface area contributed by atoms with Crippen LogP contribution in [0, 0.1) is 7.14 Å². The Kier molecular flexibility index (Phi) is 6.08. The Labute approximate surface area is 183 Å². The van der Waals surface area contributed by atoms with Gasteiger partial charge in [0.2, 0.25) is 0 Å². The molecule has 26 heavy (non-hydrogen) atoms. The molecule has 1 N–H and O–H groups in total. The van der Waals surface area contributed by atoms with Gasteiger partial charge in [-0.05, 0) is 86.7 Å². The number of likely N-dealkylation sites (N-methyl/N-ethyl adjacent to an activating group) is 1. The number of urea groups is 1. The summed E-state index contributed by atoms with van der Waals surface area (Å²) in [7, 11) is 1.44. The lowest BCUT2D eigenvalue weighted by Crippen LogP contribution is -2.25. The van der Waals surface area contributed by atoms with Crippen molar-refractivity contribution in [1.82, 2.24) is 10.2 Å². The van der Waals surface area contributed by atoms with Crippen LogP contribution in [-0.4, -0.2) is 23.9 Å². The first-order valence-corrected chi connectivity index (χ1v) is 10.1. The Bertz CT molecular complexity index is 890. The van der Waals surface area contributed by atoms with Crippen LogP contribution in [-0.2, 0) is 11.4 Å². The molecule has 1 aliphatic rings. The standard InChI is InChI=1S/C18H13ClI2N2O3/c1-23-17(24)15(22-18(23)25)8-11-6-13(20)16(14(21)7-11)26-9-10-2-4-12(19)5-3-10/h2-8H,9H2,1H3,(H,22,25)/b15-8+. The SMILES string of the molecule is CN1C(=O)N/C(=C/c2cc(I)c(OCc3ccc(Cl)cc3)c(I)c2)C1=O. The second kappa shape index (κ2) is 8.13. The lowest BCUT2D eigenvalue weighted by atomic mass is 10.2. The molecule has 5 nitrogen and oxygen atoms in total. The van der Waals surface area contributed by atoms with Gasteiger partial charge in [-0.1, -0.05) is 23.7 Å². The van der Waals surface area contributed by atoms with E-state index in [2.05, 4.69) is 50.5 Å². The van der Waals surface area contributed by atoms with E-state index in [4.69, 9.17) is 16.3 Å². The van der Waals surface area contributed by atoms with Gasteiger partial charge in [0.05, 0.1) is 7.14 Å². The third-order valence-corrected chi connectivity index (χ3v) is 5.56. The molecule has 134 valence electrons. The fourth-order valence-corrected chi connectivity index (χ4v) is 4.58. The highest BCUT2D eigenvalue weighted by atomic mass is 127. The second-order valence-corrected chi connectivity index (χ2v) is 8.34. The molecule has 1 saturated heterocycles. The predicted octanol–water partition coefficient (Wildman–Crippen LogP) is 4.65. The van der Waals surface area contributed by atoms with Gasteiger partial charge in [-0.15, -0.1) is 0 Å². The van der Waals surface area contributed by atoms with Gasteiger partial charge in [0.1, 0.15) is 18.1 Å². The van der Waals surface area contributed by atoms with Crippen LogP contribution in [0.15, 0.2) is 42.1 Å². The molecule has 1 heterocycles. The maximum Gasteiger partial charge on any atom is 0.328 e. The average Bonchev–Trinajstić information content (AvgIpc) is 2.83. The van der Waals surface area contributed by atoms with Gasteiger partial charge in [-0.2, -0.15) is 0 Å². The summed E-state index contributed by atoms with van der Waals surface area (Å²) in [4.78, 5) is 24.6. The minimum Gasteiger partial charge on any atom is -0.487 e. The van der Waals surface area contributed by atoms with Crippen LogP contribution >= 0.6 is 56.8 Å². The minimum absolute atomic E-state index is 0.263. The molecule has 8 heteroatoms. The van der Waals surface area contributed by atoms with Crippen molar-refractivity contribution in [1.29, 1.82) is 0 Å². The molecule has 3 amide bonds. The second-order valence-electron chi connectivity index (χ2n) is 5.58. The number of carbonyl (C=O) groups is 2. The number of hydrogen-bond donors (Lipinski definition) is 1. The van der Waals surface area contributed by atoms with E-state index in [0.717, 1.165) is 28.9 Å². The summed E-state index contributed by atoms with van der Waals surface area (Å²) < 4.78 is 7.78. The molecule has 3 rings (SSSR count). The Morgan fingerprint density at radius 2 is 1.77 bits per heavy atom. The van der Waals surface area contributed by atoms with Crippen molar-refractivity contribution >= 4 is 74.8 Å². The Balaban J connectivity index is 1.79. The molecular weight excluding hydrogens is 581 g/mol. The summed E-state index contributed by atoms with van der Waals surface area (Å²) in [5.41, 5.74) is 2.10. The number of ether oxygens (including phenoxy) is 1. The zero-order valence-corrected chi connectivity index (χ0v) is 18.6. The smallest absolute Gasteiger partial charge is 0.328 e. The lowest BCUT2D eigenvalue weighted by molar-refractivity contribution is -0.121. The van der Waals surface area contributed by atoms with E-state index < -0.39 is 6.03 Å². The van der Waals surface area contributed by atoms with Crippen LogP contribution < -0.4 is 10.1 Å². The van der Waals surface area contributed by atoms with E-state index >= 15 is 0 Å². The predicted molar refractivity (Wildman–Crippen MR) is 117 cm³/mol. The zero-order chi connectivity index (χ0) is 18.8. The molecule has 0 radical (unpaired) electrons. The van der Waals surface area contributed by atoms with Crippen LogP contribution in [0.25, 0.3) is 6.08 Å². The summed E-state index contributed by atoms with van der Waals surface area (Å²) in [5.74, 6) is 0.435. The van der Waals surface area contributed by atoms with Gasteiger partial charge in [0.15, 0.2) is 0 Å². The van der Waals surface area contributed by atoms with Gasteiger partial charge in [0.25, 0.3) is 5.91 Å². The average molecular weight is 595 g/mol. The summed E-state index contributed by atoms with van der Waals surface area (Å²) in [5, 5.41) is 3.25. The molecule has 0 spiro atoms. The molecule has 0 bridgehead atoms. The first-order chi connectivity index (χ1) is 12.3. The van der Waals surface area contributed by atoms with Crippen molar-refractivity contribution in [2.45, 2.75) is 6.61 Å². The molecule has 0 aromatic heterocycles. The van der Waals surface area contributed by atoms with E-state index in [1.165, 1.54) is 7.05 Å². The molecule has 2 aromatic carbocycles. The van der Waals surface area contributed by atoms with Crippen LogP contribution in [0.5, 0.6) is 5.75 Å². The summed E-state index contributed by atoms with van der Waals surface area (Å²) in [6, 6.07) is 10.9. The van der Waals surface area contributed by atoms with E-state index in [1.807, 2.05) is 36.4 Å². The highest BCUT2D eigenvalue weighted by Crippen LogP contribution is 2.31. The Hall–Kier alpha value is -1.33. The first-order valence-electron chi connectivity index (χ1n) is 7.52. The van der Waals surface area contributed by atoms with Crippen LogP contribution in [0.2, 0.25) is 5.02 Å². The Morgan fingerprint density at radius 3 is 2.31 bits per heavy atom. The van der Waals surface area contributed by atoms with Gasteiger partial charge < -0.3 is 10.1 Å². The van der Waals surface area contributed by atoms with Crippen LogP contribution in [0.1, 0.15) is 11.1 Å². The first kappa shape index (κ1) is 19.4. The highest BCUT2D eigenvalue weighted by molar-refractivity contribution is 14.1. The highest BCUT2D eigenvalue weighted by Gasteiger charge is 2.30. The molecule has 0 saturated carbocycles. The molecule has 0 aliphatic carbocycles. The number of amides is 3. The van der Waals surface area contributed by atoms with Gasteiger partial charge in [-0.3, -0.25) is 9.69 Å². The normalized spacial score (nSPS) is 15.5. The molecule has 1 aliphatic heterocycles. The quantitative estimate of drug-likeness (QED) is 0.319. The summed E-state index contributed by atoms with van der Waals surface area (Å²) in [6.45, 7) is 0.433. The molecule has 0 atom stereocenters. The van der Waals surface area contributed by atoms with Crippen molar-refractivity contribution in [3.8, 4) is 5.75 Å². The maximum absolute atomic E-state index is 12.0. The summed E-state index contributed by atoms with van der Waals surface area (Å²) in [6.07, 6.45) is 1.66. The number of imide groups is 1. The van der Waals surface area contributed by atoms with Crippen molar-refractivity contribution in [2.75, 3.05) is 7.05 Å². The molecular formula is C18H13ClI2N2O3. The fourth-order valence-electron chi connectivity index (χ4n) is 2.33. The number of rotatable bonds is 4. The van der Waals surface area contributed by atoms with E-state index in [1.54, 1.807) is 6.08 Å². The number of halogens is 3. The van der Waals surface area contributed by atoms with Crippen LogP contribution in [0.3, 0.4) is 0 Å². The fraction of sp³-hybridized carbons (Fsp3) is 0.111. The Morgan fingerprint density at radius 1 is 1.15 bits per heavy atom. The minimum atomic E-state index is -0.423. The van der Waals surface area contributed by atoms with Crippen molar-refractivity contribution in [3.05, 3.63) is 65.4 Å². The maximum atomic E-state index is 12.0. The largest absolute Gasteiger partial charge is 0.487 e. The van der Waals surface area contributed by atoms with E-state index in [9.17, 15) is 9.59 Å². The van der Waals surface area contributed by atoms with Gasteiger partial charge in [-0.25, -0.2) is 4.79 Å². The lowest BCUT2D eigenvalue weighted by Gasteiger charge is -2.12. The number of benzene rings is 2. The third kappa shape index (κ3) is 4.32. The van der Waals surface area contributed by atoms with Crippen LogP contribution in [0.4, 0.5) is 4.79 Å². The number of carbonyl (C=O) groups excluding carboxylic acids is 2. The van der Waals surface area contributed by atoms with Crippen molar-refractivity contribution in [2.24, 2.45) is 0 Å². The zero-order valence-electron chi connectivity index (χ0n) is 13.6. The van der Waals surface area contributed by atoms with Gasteiger partial charge >= 0.3 is 6.03 Å². The van der Waals surface area contributed by atoms with Crippen molar-refractivity contribution in [3.63, 3.8) is 0 Å². The number of hydrogen-bond acceptors (Lipinski definition) is 3. The number of nitrogens with one attached hydrogen (secondary N) is 1. The molecule has 1 fully saturated rings. The van der Waals surface area contributed by atoms with E-state index in [0.29, 0.717) is 11.6 Å². The molecule has 0 unspecified atom stereocenters. The van der Waals surface area contributed by atoms with Crippen molar-refractivity contribution < 1.29 is 14.3 Å². The monoisotopic (exact) mass is 594 g/mol. The third-order valence-electron chi connectivity index (χ3n) is 3.71. The molecule has 2 aromatic rings. The van der Waals surface area contributed by atoms with Gasteiger partial charge in [0, 0.05) is 12.1 Å². The number of nitrogens with zero attached hydrogens (tertiary/aromatic N) is 1. The summed E-state index contributed by atoms with van der Waals surface area (Å²) >= 11 is 10.3. The topological polar surface area (TPSA) is 58.6 Å². The van der Waals surface area contributed by atoms with E-state index in [-0.39, 0.29) is 11.6 Å².